The van der Waals surface area contributed by atoms with Crippen LogP contribution < -0.4 is 10.4 Å². The van der Waals surface area contributed by atoms with Crippen LogP contribution in [-0.2, 0) is 11.4 Å². The van der Waals surface area contributed by atoms with Crippen molar-refractivity contribution in [2.24, 2.45) is 0 Å². The Morgan fingerprint density at radius 2 is 2.00 bits per heavy atom. The molecule has 1 atom stereocenters. The third-order valence-electron chi connectivity index (χ3n) is 3.06. The number of benzene rings is 2. The minimum Gasteiger partial charge on any atom is -0.548 e. The van der Waals surface area contributed by atoms with Crippen molar-refractivity contribution in [1.29, 1.82) is 5.26 Å². The zero-order chi connectivity index (χ0) is 16.1. The van der Waals surface area contributed by atoms with Gasteiger partial charge in [-0.3, -0.25) is 0 Å². The third-order valence-corrected chi connectivity index (χ3v) is 3.51. The summed E-state index contributed by atoms with van der Waals surface area (Å²) in [5, 5.41) is 32.3. The second kappa shape index (κ2) is 7.07. The molecular weight excluding hydrogens is 348 g/mol. The van der Waals surface area contributed by atoms with E-state index >= 15 is 0 Å². The van der Waals surface area contributed by atoms with Crippen molar-refractivity contribution in [3.63, 3.8) is 0 Å². The first-order chi connectivity index (χ1) is 10.5. The van der Waals surface area contributed by atoms with Gasteiger partial charge in [-0.05, 0) is 47.5 Å². The number of carboxylic acid groups (broad SMARTS) is 1. The number of aliphatic hydroxyl groups is 1. The largest absolute Gasteiger partial charge is 0.548 e. The first-order valence-corrected chi connectivity index (χ1v) is 7.20. The lowest BCUT2D eigenvalue weighted by atomic mass is 10.0. The summed E-state index contributed by atoms with van der Waals surface area (Å²) >= 11 is 3.29. The number of hydrogen-bond donors (Lipinski definition) is 2. The van der Waals surface area contributed by atoms with Crippen molar-refractivity contribution in [1.82, 2.24) is 0 Å². The molecule has 1 unspecified atom stereocenters. The van der Waals surface area contributed by atoms with Crippen molar-refractivity contribution < 1.29 is 15.0 Å². The van der Waals surface area contributed by atoms with Gasteiger partial charge in [0.25, 0.3) is 0 Å². The van der Waals surface area contributed by atoms with Gasteiger partial charge >= 0.3 is 0 Å². The van der Waals surface area contributed by atoms with Gasteiger partial charge in [-0.15, -0.1) is 0 Å². The summed E-state index contributed by atoms with van der Waals surface area (Å²) < 4.78 is 0.668. The molecule has 2 aromatic carbocycles. The average Bonchev–Trinajstić information content (AvgIpc) is 2.52. The molecule has 0 amide bonds. The number of nitrogens with zero attached hydrogens (tertiary/aromatic N) is 1. The molecule has 0 spiro atoms. The van der Waals surface area contributed by atoms with Crippen molar-refractivity contribution >= 4 is 27.6 Å². The Kier molecular flexibility index (Phi) is 5.15. The van der Waals surface area contributed by atoms with Gasteiger partial charge in [0.1, 0.15) is 0 Å². The molecule has 0 saturated heterocycles. The quantitative estimate of drug-likeness (QED) is 0.846. The number of aliphatic carboxylic acids is 1. The van der Waals surface area contributed by atoms with Crippen LogP contribution in [0.2, 0.25) is 0 Å². The summed E-state index contributed by atoms with van der Waals surface area (Å²) in [6, 6.07) is 12.3. The van der Waals surface area contributed by atoms with Crippen LogP contribution in [-0.4, -0.2) is 11.1 Å². The van der Waals surface area contributed by atoms with Crippen LogP contribution in [0.15, 0.2) is 46.9 Å². The number of aliphatic hydroxyl groups excluding tert-OH is 1. The molecule has 0 aliphatic rings. The van der Waals surface area contributed by atoms with Crippen LogP contribution in [0.1, 0.15) is 22.7 Å². The summed E-state index contributed by atoms with van der Waals surface area (Å²) in [6.45, 7) is -0.191. The van der Waals surface area contributed by atoms with E-state index in [-0.39, 0.29) is 6.61 Å². The standard InChI is InChI=1S/C16H13BrN2O3/c17-13-6-11(9-20)5-12(7-13)15(16(21)22)19-14-3-1-10(8-18)2-4-14/h1-7,15,19-20H,9H2,(H,21,22)/p-1. The van der Waals surface area contributed by atoms with Gasteiger partial charge in [0.15, 0.2) is 0 Å². The van der Waals surface area contributed by atoms with Gasteiger partial charge in [0.2, 0.25) is 0 Å². The maximum absolute atomic E-state index is 11.4. The van der Waals surface area contributed by atoms with Crippen LogP contribution in [0.25, 0.3) is 0 Å². The molecule has 112 valence electrons. The number of halogens is 1. The molecule has 0 radical (unpaired) electrons. The van der Waals surface area contributed by atoms with E-state index < -0.39 is 12.0 Å². The number of rotatable bonds is 5. The van der Waals surface area contributed by atoms with E-state index in [1.54, 1.807) is 42.5 Å². The normalized spacial score (nSPS) is 11.5. The molecule has 0 saturated carbocycles. The fraction of sp³-hybridized carbons (Fsp3) is 0.125. The number of carboxylic acids is 1. The van der Waals surface area contributed by atoms with E-state index in [1.165, 1.54) is 0 Å². The van der Waals surface area contributed by atoms with Crippen LogP contribution in [0, 0.1) is 11.3 Å². The predicted molar refractivity (Wildman–Crippen MR) is 82.6 cm³/mol. The van der Waals surface area contributed by atoms with Crippen molar-refractivity contribution in [3.05, 3.63) is 63.6 Å². The Hall–Kier alpha value is -2.36. The summed E-state index contributed by atoms with van der Waals surface area (Å²) in [4.78, 5) is 11.4. The lowest BCUT2D eigenvalue weighted by molar-refractivity contribution is -0.307. The topological polar surface area (TPSA) is 96.2 Å². The number of anilines is 1. The first kappa shape index (κ1) is 16.0. The van der Waals surface area contributed by atoms with Crippen LogP contribution in [0.5, 0.6) is 0 Å². The van der Waals surface area contributed by atoms with E-state index in [0.717, 1.165) is 0 Å². The van der Waals surface area contributed by atoms with E-state index in [0.29, 0.717) is 26.9 Å². The van der Waals surface area contributed by atoms with Crippen molar-refractivity contribution in [2.75, 3.05) is 5.32 Å². The molecule has 2 rings (SSSR count). The number of carbonyl (C=O) groups is 1. The van der Waals surface area contributed by atoms with Crippen molar-refractivity contribution in [2.45, 2.75) is 12.6 Å². The lowest BCUT2D eigenvalue weighted by Gasteiger charge is -2.22. The van der Waals surface area contributed by atoms with E-state index in [1.807, 2.05) is 6.07 Å². The monoisotopic (exact) mass is 359 g/mol. The molecule has 22 heavy (non-hydrogen) atoms. The molecular formula is C16H12BrN2O3-. The summed E-state index contributed by atoms with van der Waals surface area (Å²) in [5.41, 5.74) is 2.10. The highest BCUT2D eigenvalue weighted by molar-refractivity contribution is 9.10. The second-order valence-corrected chi connectivity index (χ2v) is 5.55. The molecule has 2 aromatic rings. The Balaban J connectivity index is 2.32. The molecule has 6 heteroatoms. The van der Waals surface area contributed by atoms with Gasteiger partial charge in [0.05, 0.1) is 30.3 Å². The fourth-order valence-electron chi connectivity index (χ4n) is 2.02. The van der Waals surface area contributed by atoms with Crippen LogP contribution in [0.4, 0.5) is 5.69 Å². The molecule has 0 aromatic heterocycles. The minimum atomic E-state index is -1.29. The zero-order valence-corrected chi connectivity index (χ0v) is 13.0. The molecule has 0 fully saturated rings. The predicted octanol–water partition coefficient (Wildman–Crippen LogP) is 1.72. The fourth-order valence-corrected chi connectivity index (χ4v) is 2.58. The zero-order valence-electron chi connectivity index (χ0n) is 11.4. The second-order valence-electron chi connectivity index (χ2n) is 4.64. The SMILES string of the molecule is N#Cc1ccc(NC(C(=O)[O-])c2cc(Br)cc(CO)c2)cc1. The maximum atomic E-state index is 11.4. The highest BCUT2D eigenvalue weighted by Gasteiger charge is 2.14. The molecule has 0 aliphatic heterocycles. The average molecular weight is 360 g/mol. The molecule has 5 nitrogen and oxygen atoms in total. The maximum Gasteiger partial charge on any atom is 0.0991 e. The van der Waals surface area contributed by atoms with Gasteiger partial charge in [-0.25, -0.2) is 0 Å². The van der Waals surface area contributed by atoms with Gasteiger partial charge < -0.3 is 20.3 Å². The van der Waals surface area contributed by atoms with E-state index in [4.69, 9.17) is 5.26 Å². The summed E-state index contributed by atoms with van der Waals surface area (Å²) in [6.07, 6.45) is 0. The minimum absolute atomic E-state index is 0.191. The van der Waals surface area contributed by atoms with Crippen LogP contribution in [0.3, 0.4) is 0 Å². The Morgan fingerprint density at radius 3 is 2.55 bits per heavy atom. The highest BCUT2D eigenvalue weighted by atomic mass is 79.9. The third kappa shape index (κ3) is 3.85. The number of nitriles is 1. The van der Waals surface area contributed by atoms with Crippen molar-refractivity contribution in [3.8, 4) is 6.07 Å². The molecule has 2 N–H and O–H groups in total. The number of carbonyl (C=O) groups excluding carboxylic acids is 1. The Labute approximate surface area is 136 Å². The van der Waals surface area contributed by atoms with E-state index in [9.17, 15) is 15.0 Å². The van der Waals surface area contributed by atoms with Gasteiger partial charge in [-0.2, -0.15) is 5.26 Å². The first-order valence-electron chi connectivity index (χ1n) is 6.41. The summed E-state index contributed by atoms with van der Waals surface area (Å²) in [5.74, 6) is -1.29. The number of nitrogens with one attached hydrogen (secondary N) is 1. The summed E-state index contributed by atoms with van der Waals surface area (Å²) in [7, 11) is 0. The van der Waals surface area contributed by atoms with E-state index in [2.05, 4.69) is 21.2 Å². The van der Waals surface area contributed by atoms with Gasteiger partial charge in [0, 0.05) is 10.2 Å². The van der Waals surface area contributed by atoms with Gasteiger partial charge in [-0.1, -0.05) is 22.0 Å². The smallest absolute Gasteiger partial charge is 0.0991 e. The Morgan fingerprint density at radius 1 is 1.32 bits per heavy atom. The van der Waals surface area contributed by atoms with Crippen LogP contribution >= 0.6 is 15.9 Å². The molecule has 0 heterocycles. The highest BCUT2D eigenvalue weighted by Crippen LogP contribution is 2.24. The molecule has 0 bridgehead atoms. The Bertz CT molecular complexity index is 723. The molecule has 0 aliphatic carbocycles. The lowest BCUT2D eigenvalue weighted by Crippen LogP contribution is -2.34. The number of hydrogen-bond acceptors (Lipinski definition) is 5.